The van der Waals surface area contributed by atoms with Crippen molar-refractivity contribution in [2.45, 2.75) is 57.5 Å². The molecule has 0 aliphatic rings. The second-order valence-electron chi connectivity index (χ2n) is 9.74. The highest BCUT2D eigenvalue weighted by Crippen LogP contribution is 2.27. The summed E-state index contributed by atoms with van der Waals surface area (Å²) in [5.74, 6) is -0.793. The summed E-state index contributed by atoms with van der Waals surface area (Å²) in [5, 5.41) is 2.89. The molecule has 0 aliphatic heterocycles. The standard InChI is InChI=1S/C31H38FN3O5S/c1-5-7-20-33-31(37)29(6-2)34(21-24-10-12-25(32)13-11-24)30(36)22-35(26-14-16-27(40-4)17-15-26)41(38,39)28-18-8-23(3)9-19-28/h8-19,29H,5-7,20-22H2,1-4H3,(H,33,37)/t29-/m0/s1. The van der Waals surface area contributed by atoms with Crippen LogP contribution >= 0.6 is 0 Å². The van der Waals surface area contributed by atoms with E-state index in [-0.39, 0.29) is 23.0 Å². The van der Waals surface area contributed by atoms with Gasteiger partial charge in [-0.25, -0.2) is 12.8 Å². The molecule has 0 fully saturated rings. The van der Waals surface area contributed by atoms with Crippen molar-refractivity contribution >= 4 is 27.5 Å². The molecule has 0 bridgehead atoms. The monoisotopic (exact) mass is 583 g/mol. The third-order valence-corrected chi connectivity index (χ3v) is 8.52. The van der Waals surface area contributed by atoms with E-state index in [4.69, 9.17) is 4.74 Å². The average Bonchev–Trinajstić information content (AvgIpc) is 2.97. The maximum Gasteiger partial charge on any atom is 0.264 e. The molecule has 1 atom stereocenters. The van der Waals surface area contributed by atoms with E-state index in [0.29, 0.717) is 24.3 Å². The smallest absolute Gasteiger partial charge is 0.264 e. The zero-order valence-corrected chi connectivity index (χ0v) is 24.8. The number of benzene rings is 3. The first-order valence-corrected chi connectivity index (χ1v) is 15.1. The van der Waals surface area contributed by atoms with Gasteiger partial charge in [-0.1, -0.05) is 50.1 Å². The third kappa shape index (κ3) is 8.29. The Balaban J connectivity index is 2.03. The number of amides is 2. The van der Waals surface area contributed by atoms with Crippen LogP contribution in [0.1, 0.15) is 44.2 Å². The molecule has 3 rings (SSSR count). The number of aryl methyl sites for hydroxylation is 1. The van der Waals surface area contributed by atoms with Crippen LogP contribution in [0.3, 0.4) is 0 Å². The minimum absolute atomic E-state index is 0.000149. The number of nitrogens with one attached hydrogen (secondary N) is 1. The Labute approximate surface area is 242 Å². The minimum Gasteiger partial charge on any atom is -0.497 e. The Hall–Kier alpha value is -3.92. The van der Waals surface area contributed by atoms with Crippen LogP contribution in [0.15, 0.2) is 77.7 Å². The topological polar surface area (TPSA) is 96.0 Å². The summed E-state index contributed by atoms with van der Waals surface area (Å²) in [5.41, 5.74) is 1.76. The van der Waals surface area contributed by atoms with E-state index in [1.165, 1.54) is 36.3 Å². The number of nitrogens with zero attached hydrogens (tertiary/aromatic N) is 2. The number of sulfonamides is 1. The molecule has 0 aliphatic carbocycles. The van der Waals surface area contributed by atoms with Gasteiger partial charge in [-0.2, -0.15) is 0 Å². The lowest BCUT2D eigenvalue weighted by atomic mass is 10.1. The van der Waals surface area contributed by atoms with Gasteiger partial charge in [-0.15, -0.1) is 0 Å². The van der Waals surface area contributed by atoms with E-state index in [0.717, 1.165) is 22.7 Å². The number of halogens is 1. The Kier molecular flexibility index (Phi) is 11.3. The maximum absolute atomic E-state index is 14.0. The summed E-state index contributed by atoms with van der Waals surface area (Å²) in [6.45, 7) is 5.56. The van der Waals surface area contributed by atoms with Crippen molar-refractivity contribution in [1.82, 2.24) is 10.2 Å². The summed E-state index contributed by atoms with van der Waals surface area (Å²) < 4.78 is 47.7. The maximum atomic E-state index is 14.0. The van der Waals surface area contributed by atoms with Crippen molar-refractivity contribution in [1.29, 1.82) is 0 Å². The van der Waals surface area contributed by atoms with Crippen molar-refractivity contribution in [3.8, 4) is 5.75 Å². The fourth-order valence-corrected chi connectivity index (χ4v) is 5.74. The van der Waals surface area contributed by atoms with Gasteiger partial charge in [0.2, 0.25) is 11.8 Å². The van der Waals surface area contributed by atoms with Crippen LogP contribution in [0, 0.1) is 12.7 Å². The lowest BCUT2D eigenvalue weighted by Gasteiger charge is -2.33. The van der Waals surface area contributed by atoms with Gasteiger partial charge >= 0.3 is 0 Å². The molecule has 8 nitrogen and oxygen atoms in total. The summed E-state index contributed by atoms with van der Waals surface area (Å²) in [4.78, 5) is 28.6. The fraction of sp³-hybridized carbons (Fsp3) is 0.355. The van der Waals surface area contributed by atoms with Gasteiger partial charge in [0.25, 0.3) is 10.0 Å². The van der Waals surface area contributed by atoms with Crippen molar-refractivity contribution in [3.05, 3.63) is 89.7 Å². The first-order chi connectivity index (χ1) is 19.6. The number of hydrogen-bond donors (Lipinski definition) is 1. The van der Waals surface area contributed by atoms with Gasteiger partial charge in [-0.05, 0) is 73.9 Å². The molecule has 0 unspecified atom stereocenters. The largest absolute Gasteiger partial charge is 0.497 e. The lowest BCUT2D eigenvalue weighted by molar-refractivity contribution is -0.140. The summed E-state index contributed by atoms with van der Waals surface area (Å²) >= 11 is 0. The highest BCUT2D eigenvalue weighted by Gasteiger charge is 2.33. The minimum atomic E-state index is -4.17. The number of carbonyl (C=O) groups is 2. The second kappa shape index (κ2) is 14.6. The predicted molar refractivity (Wildman–Crippen MR) is 158 cm³/mol. The van der Waals surface area contributed by atoms with Gasteiger partial charge in [0, 0.05) is 13.1 Å². The molecule has 0 heterocycles. The molecule has 0 saturated carbocycles. The molecule has 0 aromatic heterocycles. The number of ether oxygens (including phenoxy) is 1. The third-order valence-electron chi connectivity index (χ3n) is 6.73. The quantitative estimate of drug-likeness (QED) is 0.268. The Bertz CT molecular complexity index is 1400. The van der Waals surface area contributed by atoms with Gasteiger partial charge < -0.3 is 15.0 Å². The number of methoxy groups -OCH3 is 1. The predicted octanol–water partition coefficient (Wildman–Crippen LogP) is 5.06. The van der Waals surface area contributed by atoms with E-state index < -0.39 is 34.3 Å². The van der Waals surface area contributed by atoms with Crippen LogP contribution in [0.5, 0.6) is 5.75 Å². The molecule has 0 radical (unpaired) electrons. The number of rotatable bonds is 14. The normalized spacial score (nSPS) is 11.9. The zero-order valence-electron chi connectivity index (χ0n) is 24.0. The molecule has 41 heavy (non-hydrogen) atoms. The SMILES string of the molecule is CCCCNC(=O)[C@H](CC)N(Cc1ccc(F)cc1)C(=O)CN(c1ccc(OC)cc1)S(=O)(=O)c1ccc(C)cc1. The average molecular weight is 584 g/mol. The first-order valence-electron chi connectivity index (χ1n) is 13.7. The molecule has 0 saturated heterocycles. The molecule has 0 spiro atoms. The highest BCUT2D eigenvalue weighted by molar-refractivity contribution is 7.92. The Morgan fingerprint density at radius 3 is 2.15 bits per heavy atom. The van der Waals surface area contributed by atoms with Gasteiger partial charge in [0.05, 0.1) is 17.7 Å². The van der Waals surface area contributed by atoms with E-state index in [1.54, 1.807) is 55.5 Å². The van der Waals surface area contributed by atoms with Crippen LogP contribution < -0.4 is 14.4 Å². The lowest BCUT2D eigenvalue weighted by Crippen LogP contribution is -2.52. The van der Waals surface area contributed by atoms with Crippen LogP contribution in [-0.4, -0.2) is 51.4 Å². The number of unbranched alkanes of at least 4 members (excludes halogenated alkanes) is 1. The van der Waals surface area contributed by atoms with Crippen LogP contribution in [0.4, 0.5) is 10.1 Å². The van der Waals surface area contributed by atoms with Crippen LogP contribution in [0.2, 0.25) is 0 Å². The molecular formula is C31H38FN3O5S. The molecule has 220 valence electrons. The van der Waals surface area contributed by atoms with Crippen LogP contribution in [-0.2, 0) is 26.2 Å². The number of anilines is 1. The Morgan fingerprint density at radius 1 is 0.951 bits per heavy atom. The van der Waals surface area contributed by atoms with Crippen molar-refractivity contribution in [2.75, 3.05) is 24.5 Å². The molecular weight excluding hydrogens is 545 g/mol. The van der Waals surface area contributed by atoms with Gasteiger partial charge in [-0.3, -0.25) is 13.9 Å². The van der Waals surface area contributed by atoms with E-state index in [1.807, 2.05) is 13.8 Å². The molecule has 10 heteroatoms. The number of hydrogen-bond acceptors (Lipinski definition) is 5. The first kappa shape index (κ1) is 31.6. The fourth-order valence-electron chi connectivity index (χ4n) is 4.33. The van der Waals surface area contributed by atoms with E-state index >= 15 is 0 Å². The van der Waals surface area contributed by atoms with Crippen molar-refractivity contribution in [3.63, 3.8) is 0 Å². The summed E-state index contributed by atoms with van der Waals surface area (Å²) in [7, 11) is -2.67. The molecule has 3 aromatic rings. The van der Waals surface area contributed by atoms with Gasteiger partial charge in [0.15, 0.2) is 0 Å². The zero-order chi connectivity index (χ0) is 30.0. The summed E-state index contributed by atoms with van der Waals surface area (Å²) in [6, 6.07) is 17.5. The van der Waals surface area contributed by atoms with Crippen molar-refractivity contribution < 1.29 is 27.1 Å². The highest BCUT2D eigenvalue weighted by atomic mass is 32.2. The van der Waals surface area contributed by atoms with Crippen molar-refractivity contribution in [2.24, 2.45) is 0 Å². The molecule has 3 aromatic carbocycles. The van der Waals surface area contributed by atoms with E-state index in [9.17, 15) is 22.4 Å². The second-order valence-corrected chi connectivity index (χ2v) is 11.6. The molecule has 1 N–H and O–H groups in total. The van der Waals surface area contributed by atoms with Gasteiger partial charge in [0.1, 0.15) is 24.2 Å². The Morgan fingerprint density at radius 2 is 1.59 bits per heavy atom. The molecule has 2 amide bonds. The summed E-state index contributed by atoms with van der Waals surface area (Å²) in [6.07, 6.45) is 1.98. The van der Waals surface area contributed by atoms with E-state index in [2.05, 4.69) is 5.32 Å². The number of carbonyl (C=O) groups excluding carboxylic acids is 2. The van der Waals surface area contributed by atoms with Crippen LogP contribution in [0.25, 0.3) is 0 Å².